The van der Waals surface area contributed by atoms with Crippen LogP contribution in [0.5, 0.6) is 0 Å². The van der Waals surface area contributed by atoms with E-state index in [0.717, 1.165) is 37.6 Å². The molecule has 0 spiro atoms. The fraction of sp³-hybridized carbons (Fsp3) is 0.562. The zero-order chi connectivity index (χ0) is 17.1. The number of nitrogens with one attached hydrogen (secondary N) is 1. The molecule has 0 aliphatic carbocycles. The molecular formula is C16H24N6O2. The molecular weight excluding hydrogens is 308 g/mol. The van der Waals surface area contributed by atoms with Gasteiger partial charge in [0.25, 0.3) is 0 Å². The molecule has 1 atom stereocenters. The highest BCUT2D eigenvalue weighted by Crippen LogP contribution is 2.20. The summed E-state index contributed by atoms with van der Waals surface area (Å²) in [5.74, 6) is 1.81. The number of rotatable bonds is 4. The van der Waals surface area contributed by atoms with Gasteiger partial charge >= 0.3 is 6.03 Å². The van der Waals surface area contributed by atoms with Gasteiger partial charge in [0, 0.05) is 58.7 Å². The van der Waals surface area contributed by atoms with E-state index < -0.39 is 0 Å². The van der Waals surface area contributed by atoms with Crippen LogP contribution in [0.1, 0.15) is 12.8 Å². The van der Waals surface area contributed by atoms with E-state index in [-0.39, 0.29) is 6.03 Å². The van der Waals surface area contributed by atoms with Crippen molar-refractivity contribution in [1.29, 1.82) is 0 Å². The van der Waals surface area contributed by atoms with Gasteiger partial charge in [0.05, 0.1) is 6.61 Å². The summed E-state index contributed by atoms with van der Waals surface area (Å²) in [4.78, 5) is 18.4. The van der Waals surface area contributed by atoms with Crippen molar-refractivity contribution in [2.75, 3.05) is 32.1 Å². The highest BCUT2D eigenvalue weighted by molar-refractivity contribution is 5.88. The third kappa shape index (κ3) is 3.59. The predicted molar refractivity (Wildman–Crippen MR) is 90.6 cm³/mol. The Kier molecular flexibility index (Phi) is 4.84. The number of imidazole rings is 1. The Morgan fingerprint density at radius 1 is 1.50 bits per heavy atom. The van der Waals surface area contributed by atoms with E-state index in [2.05, 4.69) is 15.4 Å². The molecule has 130 valence electrons. The standard InChI is InChI=1S/C16H24N6O2/c1-20-7-6-17-15(20)13-9-14(22(3)19-13)18-16(23)21(2)10-12-5-4-8-24-11-12/h6-7,9,12H,4-5,8,10-11H2,1-3H3,(H,18,23). The number of hydrogen-bond acceptors (Lipinski definition) is 4. The van der Waals surface area contributed by atoms with Crippen LogP contribution < -0.4 is 5.32 Å². The van der Waals surface area contributed by atoms with Gasteiger partial charge in [-0.25, -0.2) is 9.78 Å². The Bertz CT molecular complexity index is 701. The monoisotopic (exact) mass is 332 g/mol. The maximum Gasteiger partial charge on any atom is 0.322 e. The number of aryl methyl sites for hydroxylation is 2. The predicted octanol–water partition coefficient (Wildman–Crippen LogP) is 1.71. The van der Waals surface area contributed by atoms with Crippen molar-refractivity contribution in [3.05, 3.63) is 18.5 Å². The first kappa shape index (κ1) is 16.5. The molecule has 1 N–H and O–H groups in total. The van der Waals surface area contributed by atoms with Gasteiger partial charge in [0.15, 0.2) is 5.82 Å². The summed E-state index contributed by atoms with van der Waals surface area (Å²) in [6.45, 7) is 2.25. The zero-order valence-electron chi connectivity index (χ0n) is 14.4. The Morgan fingerprint density at radius 3 is 3.00 bits per heavy atom. The SMILES string of the molecule is CN(CC1CCCOC1)C(=O)Nc1cc(-c2nccn2C)nn1C. The fourth-order valence-electron chi connectivity index (χ4n) is 2.93. The average molecular weight is 332 g/mol. The number of anilines is 1. The van der Waals surface area contributed by atoms with Crippen molar-refractivity contribution < 1.29 is 9.53 Å². The second-order valence-corrected chi connectivity index (χ2v) is 6.29. The summed E-state index contributed by atoms with van der Waals surface area (Å²) in [6.07, 6.45) is 5.76. The van der Waals surface area contributed by atoms with Crippen molar-refractivity contribution in [2.45, 2.75) is 12.8 Å². The quantitative estimate of drug-likeness (QED) is 0.925. The summed E-state index contributed by atoms with van der Waals surface area (Å²) >= 11 is 0. The zero-order valence-corrected chi connectivity index (χ0v) is 14.4. The van der Waals surface area contributed by atoms with E-state index in [1.807, 2.05) is 23.9 Å². The van der Waals surface area contributed by atoms with Crippen molar-refractivity contribution >= 4 is 11.8 Å². The Balaban J connectivity index is 1.63. The molecule has 0 radical (unpaired) electrons. The van der Waals surface area contributed by atoms with Crippen LogP contribution in [0.25, 0.3) is 11.5 Å². The van der Waals surface area contributed by atoms with Gasteiger partial charge in [0.2, 0.25) is 0 Å². The number of urea groups is 1. The van der Waals surface area contributed by atoms with E-state index in [4.69, 9.17) is 4.74 Å². The van der Waals surface area contributed by atoms with Crippen LogP contribution in [0.3, 0.4) is 0 Å². The number of nitrogens with zero attached hydrogens (tertiary/aromatic N) is 5. The van der Waals surface area contributed by atoms with Gasteiger partial charge in [0.1, 0.15) is 11.5 Å². The maximum atomic E-state index is 12.4. The van der Waals surface area contributed by atoms with E-state index in [0.29, 0.717) is 18.3 Å². The largest absolute Gasteiger partial charge is 0.381 e. The number of amides is 2. The van der Waals surface area contributed by atoms with Crippen LogP contribution in [0.2, 0.25) is 0 Å². The fourth-order valence-corrected chi connectivity index (χ4v) is 2.93. The van der Waals surface area contributed by atoms with Gasteiger partial charge in [-0.3, -0.25) is 10.00 Å². The molecule has 0 bridgehead atoms. The highest BCUT2D eigenvalue weighted by Gasteiger charge is 2.20. The normalized spacial score (nSPS) is 17.7. The second-order valence-electron chi connectivity index (χ2n) is 6.29. The Morgan fingerprint density at radius 2 is 2.33 bits per heavy atom. The van der Waals surface area contributed by atoms with Gasteiger partial charge in [-0.1, -0.05) is 0 Å². The van der Waals surface area contributed by atoms with E-state index in [1.165, 1.54) is 0 Å². The molecule has 8 nitrogen and oxygen atoms in total. The van der Waals surface area contributed by atoms with Crippen molar-refractivity contribution in [2.24, 2.45) is 20.0 Å². The smallest absolute Gasteiger partial charge is 0.322 e. The van der Waals surface area contributed by atoms with Crippen molar-refractivity contribution in [3.8, 4) is 11.5 Å². The highest BCUT2D eigenvalue weighted by atomic mass is 16.5. The molecule has 3 rings (SSSR count). The first-order valence-electron chi connectivity index (χ1n) is 8.16. The van der Waals surface area contributed by atoms with E-state index in [1.54, 1.807) is 29.9 Å². The first-order chi connectivity index (χ1) is 11.5. The molecule has 1 unspecified atom stereocenters. The van der Waals surface area contributed by atoms with Crippen LogP contribution in [0, 0.1) is 5.92 Å². The molecule has 1 saturated heterocycles. The lowest BCUT2D eigenvalue weighted by atomic mass is 10.0. The maximum absolute atomic E-state index is 12.4. The number of carbonyl (C=O) groups excluding carboxylic acids is 1. The third-order valence-corrected chi connectivity index (χ3v) is 4.30. The van der Waals surface area contributed by atoms with Crippen LogP contribution >= 0.6 is 0 Å². The van der Waals surface area contributed by atoms with Gasteiger partial charge in [-0.05, 0) is 12.8 Å². The molecule has 0 saturated carbocycles. The van der Waals surface area contributed by atoms with Crippen molar-refractivity contribution in [1.82, 2.24) is 24.2 Å². The minimum atomic E-state index is -0.144. The van der Waals surface area contributed by atoms with Crippen LogP contribution in [-0.4, -0.2) is 57.1 Å². The Labute approximate surface area is 141 Å². The summed E-state index contributed by atoms with van der Waals surface area (Å²) in [7, 11) is 5.52. The van der Waals surface area contributed by atoms with Gasteiger partial charge in [-0.2, -0.15) is 5.10 Å². The molecule has 2 amide bonds. The summed E-state index contributed by atoms with van der Waals surface area (Å²) in [5.41, 5.74) is 0.726. The molecule has 1 aliphatic rings. The topological polar surface area (TPSA) is 77.2 Å². The van der Waals surface area contributed by atoms with Crippen LogP contribution in [0.4, 0.5) is 10.6 Å². The Hall–Kier alpha value is -2.35. The van der Waals surface area contributed by atoms with Crippen LogP contribution in [-0.2, 0) is 18.8 Å². The first-order valence-corrected chi connectivity index (χ1v) is 8.16. The summed E-state index contributed by atoms with van der Waals surface area (Å²) < 4.78 is 9.02. The number of ether oxygens (including phenoxy) is 1. The molecule has 1 fully saturated rings. The van der Waals surface area contributed by atoms with Gasteiger partial charge < -0.3 is 14.2 Å². The molecule has 8 heteroatoms. The van der Waals surface area contributed by atoms with E-state index >= 15 is 0 Å². The third-order valence-electron chi connectivity index (χ3n) is 4.30. The van der Waals surface area contributed by atoms with Crippen LogP contribution in [0.15, 0.2) is 18.5 Å². The minimum Gasteiger partial charge on any atom is -0.381 e. The second kappa shape index (κ2) is 7.04. The molecule has 2 aromatic rings. The lowest BCUT2D eigenvalue weighted by Gasteiger charge is -2.27. The number of carbonyl (C=O) groups is 1. The molecule has 2 aromatic heterocycles. The number of aromatic nitrogens is 4. The molecule has 1 aliphatic heterocycles. The summed E-state index contributed by atoms with van der Waals surface area (Å²) in [5, 5.41) is 7.33. The summed E-state index contributed by atoms with van der Waals surface area (Å²) in [6, 6.07) is 1.69. The lowest BCUT2D eigenvalue weighted by molar-refractivity contribution is 0.0464. The van der Waals surface area contributed by atoms with Gasteiger partial charge in [-0.15, -0.1) is 0 Å². The minimum absolute atomic E-state index is 0.144. The van der Waals surface area contributed by atoms with Crippen molar-refractivity contribution in [3.63, 3.8) is 0 Å². The lowest BCUT2D eigenvalue weighted by Crippen LogP contribution is -2.38. The van der Waals surface area contributed by atoms with E-state index in [9.17, 15) is 4.79 Å². The number of hydrogen-bond donors (Lipinski definition) is 1. The molecule has 3 heterocycles. The average Bonchev–Trinajstić information content (AvgIpc) is 3.14. The molecule has 24 heavy (non-hydrogen) atoms. The molecule has 0 aromatic carbocycles.